The highest BCUT2D eigenvalue weighted by Crippen LogP contribution is 2.33. The first-order chi connectivity index (χ1) is 15.8. The van der Waals surface area contributed by atoms with Crippen LogP contribution in [0.25, 0.3) is 21.9 Å². The molecule has 2 atom stereocenters. The van der Waals surface area contributed by atoms with Crippen molar-refractivity contribution in [3.63, 3.8) is 0 Å². The summed E-state index contributed by atoms with van der Waals surface area (Å²) in [5.41, 5.74) is 8.85. The van der Waals surface area contributed by atoms with Gasteiger partial charge in [0.05, 0.1) is 0 Å². The highest BCUT2D eigenvalue weighted by atomic mass is 32.1. The first-order valence-electron chi connectivity index (χ1n) is 11.1. The summed E-state index contributed by atoms with van der Waals surface area (Å²) in [7, 11) is 0. The number of amides is 1. The van der Waals surface area contributed by atoms with Crippen molar-refractivity contribution >= 4 is 41.0 Å². The number of thiol groups is 1. The molecule has 0 spiro atoms. The van der Waals surface area contributed by atoms with Crippen molar-refractivity contribution in [2.45, 2.75) is 32.4 Å². The zero-order valence-electron chi connectivity index (χ0n) is 18.9. The lowest BCUT2D eigenvalue weighted by atomic mass is 9.93. The van der Waals surface area contributed by atoms with Gasteiger partial charge in [0.15, 0.2) is 0 Å². The van der Waals surface area contributed by atoms with Gasteiger partial charge in [-0.05, 0) is 52.4 Å². The Labute approximate surface area is 200 Å². The maximum absolute atomic E-state index is 13.3. The lowest BCUT2D eigenvalue weighted by Gasteiger charge is -2.19. The van der Waals surface area contributed by atoms with Gasteiger partial charge in [-0.2, -0.15) is 12.6 Å². The Morgan fingerprint density at radius 3 is 2.45 bits per heavy atom. The van der Waals surface area contributed by atoms with Crippen molar-refractivity contribution in [3.8, 4) is 11.1 Å². The quantitative estimate of drug-likeness (QED) is 0.285. The summed E-state index contributed by atoms with van der Waals surface area (Å²) >= 11 is 4.23. The molecule has 3 aromatic rings. The minimum absolute atomic E-state index is 0.107. The maximum atomic E-state index is 13.3. The zero-order chi connectivity index (χ0) is 24.0. The molecule has 0 aliphatic heterocycles. The van der Waals surface area contributed by atoms with E-state index in [1.807, 2.05) is 68.4 Å². The molecule has 0 saturated heterocycles. The SMILES string of the molecule is CC(C)C[C@H](NC(=O)c1ccc(NCC(N)CS)cc1-c1cccc2ccccc12)C(=O)O. The van der Waals surface area contributed by atoms with E-state index >= 15 is 0 Å². The Hall–Kier alpha value is -3.03. The van der Waals surface area contributed by atoms with Gasteiger partial charge in [-0.3, -0.25) is 4.79 Å². The van der Waals surface area contributed by atoms with E-state index in [1.54, 1.807) is 6.07 Å². The molecule has 0 bridgehead atoms. The van der Waals surface area contributed by atoms with Gasteiger partial charge in [-0.1, -0.05) is 56.3 Å². The van der Waals surface area contributed by atoms with Gasteiger partial charge < -0.3 is 21.5 Å². The van der Waals surface area contributed by atoms with Gasteiger partial charge in [0.1, 0.15) is 6.04 Å². The number of aliphatic carboxylic acids is 1. The summed E-state index contributed by atoms with van der Waals surface area (Å²) in [6.45, 7) is 4.40. The van der Waals surface area contributed by atoms with Crippen LogP contribution in [0.4, 0.5) is 5.69 Å². The Morgan fingerprint density at radius 2 is 1.76 bits per heavy atom. The van der Waals surface area contributed by atoms with E-state index in [2.05, 4.69) is 23.3 Å². The monoisotopic (exact) mass is 465 g/mol. The van der Waals surface area contributed by atoms with Crippen LogP contribution in [0.5, 0.6) is 0 Å². The van der Waals surface area contributed by atoms with Crippen LogP contribution in [0, 0.1) is 5.92 Å². The third-order valence-electron chi connectivity index (χ3n) is 5.46. The molecule has 7 heteroatoms. The number of carbonyl (C=O) groups excluding carboxylic acids is 1. The Balaban J connectivity index is 2.05. The Morgan fingerprint density at radius 1 is 1.03 bits per heavy atom. The number of carboxylic acid groups (broad SMARTS) is 1. The minimum atomic E-state index is -1.04. The van der Waals surface area contributed by atoms with E-state index in [1.165, 1.54) is 0 Å². The van der Waals surface area contributed by atoms with Gasteiger partial charge in [-0.25, -0.2) is 4.79 Å². The van der Waals surface area contributed by atoms with Crippen LogP contribution in [0.2, 0.25) is 0 Å². The Kier molecular flexibility index (Phi) is 8.36. The fourth-order valence-corrected chi connectivity index (χ4v) is 3.91. The molecule has 0 saturated carbocycles. The molecule has 3 aromatic carbocycles. The normalized spacial score (nSPS) is 13.0. The Bertz CT molecular complexity index is 1130. The van der Waals surface area contributed by atoms with E-state index in [4.69, 9.17) is 5.73 Å². The smallest absolute Gasteiger partial charge is 0.326 e. The topological polar surface area (TPSA) is 104 Å². The van der Waals surface area contributed by atoms with Crippen LogP contribution in [0.1, 0.15) is 30.6 Å². The fourth-order valence-electron chi connectivity index (χ4n) is 3.78. The lowest BCUT2D eigenvalue weighted by molar-refractivity contribution is -0.139. The summed E-state index contributed by atoms with van der Waals surface area (Å²) in [5.74, 6) is -0.769. The van der Waals surface area contributed by atoms with Crippen LogP contribution >= 0.6 is 12.6 Å². The molecule has 0 radical (unpaired) electrons. The second-order valence-electron chi connectivity index (χ2n) is 8.60. The fraction of sp³-hybridized carbons (Fsp3) is 0.308. The second-order valence-corrected chi connectivity index (χ2v) is 8.97. The molecule has 1 unspecified atom stereocenters. The first-order valence-corrected chi connectivity index (χ1v) is 11.7. The van der Waals surface area contributed by atoms with Crippen molar-refractivity contribution < 1.29 is 14.7 Å². The number of hydrogen-bond acceptors (Lipinski definition) is 5. The van der Waals surface area contributed by atoms with Crippen molar-refractivity contribution in [1.82, 2.24) is 5.32 Å². The summed E-state index contributed by atoms with van der Waals surface area (Å²) in [4.78, 5) is 25.0. The molecule has 5 N–H and O–H groups in total. The average molecular weight is 466 g/mol. The van der Waals surface area contributed by atoms with Crippen LogP contribution in [-0.2, 0) is 4.79 Å². The number of nitrogens with one attached hydrogen (secondary N) is 2. The van der Waals surface area contributed by atoms with Crippen LogP contribution in [0.15, 0.2) is 60.7 Å². The predicted molar refractivity (Wildman–Crippen MR) is 138 cm³/mol. The molecule has 6 nitrogen and oxygen atoms in total. The summed E-state index contributed by atoms with van der Waals surface area (Å²) < 4.78 is 0. The van der Waals surface area contributed by atoms with Crippen molar-refractivity contribution in [2.24, 2.45) is 11.7 Å². The molecule has 0 heterocycles. The summed E-state index contributed by atoms with van der Waals surface area (Å²) in [6.07, 6.45) is 0.353. The largest absolute Gasteiger partial charge is 0.480 e. The van der Waals surface area contributed by atoms with Crippen LogP contribution in [-0.4, -0.2) is 41.4 Å². The van der Waals surface area contributed by atoms with Gasteiger partial charge in [0.2, 0.25) is 0 Å². The standard InChI is InChI=1S/C26H31N3O3S/c1-16(2)12-24(26(31)32)29-25(30)22-11-10-19(28-14-18(27)15-33)13-23(22)21-9-5-7-17-6-3-4-8-20(17)21/h3-11,13,16,18,24,28,33H,12,14-15,27H2,1-2H3,(H,29,30)(H,31,32)/t18?,24-/m0/s1. The zero-order valence-corrected chi connectivity index (χ0v) is 19.8. The number of nitrogens with two attached hydrogens (primary N) is 1. The van der Waals surface area contributed by atoms with Gasteiger partial charge in [0, 0.05) is 29.6 Å². The van der Waals surface area contributed by atoms with E-state index in [-0.39, 0.29) is 12.0 Å². The maximum Gasteiger partial charge on any atom is 0.326 e. The molecular weight excluding hydrogens is 434 g/mol. The van der Waals surface area contributed by atoms with Crippen molar-refractivity contribution in [2.75, 3.05) is 17.6 Å². The number of fused-ring (bicyclic) bond motifs is 1. The molecule has 3 rings (SSSR count). The second kappa shape index (κ2) is 11.2. The van der Waals surface area contributed by atoms with E-state index < -0.39 is 17.9 Å². The molecular formula is C26H31N3O3S. The number of carboxylic acids is 1. The summed E-state index contributed by atoms with van der Waals surface area (Å²) in [6, 6.07) is 18.3. The van der Waals surface area contributed by atoms with Crippen LogP contribution in [0.3, 0.4) is 0 Å². The molecule has 174 valence electrons. The first kappa shape index (κ1) is 24.6. The van der Waals surface area contributed by atoms with E-state index in [0.29, 0.717) is 24.3 Å². The van der Waals surface area contributed by atoms with Crippen molar-refractivity contribution in [3.05, 3.63) is 66.2 Å². The number of hydrogen-bond donors (Lipinski definition) is 5. The molecule has 33 heavy (non-hydrogen) atoms. The molecule has 0 aliphatic carbocycles. The van der Waals surface area contributed by atoms with Gasteiger partial charge in [0.25, 0.3) is 5.91 Å². The predicted octanol–water partition coefficient (Wildman–Crippen LogP) is 4.40. The number of anilines is 1. The molecule has 0 aromatic heterocycles. The van der Waals surface area contributed by atoms with E-state index in [9.17, 15) is 14.7 Å². The van der Waals surface area contributed by atoms with Crippen LogP contribution < -0.4 is 16.4 Å². The highest BCUT2D eigenvalue weighted by molar-refractivity contribution is 7.80. The number of rotatable bonds is 10. The number of carbonyl (C=O) groups is 2. The third kappa shape index (κ3) is 6.27. The van der Waals surface area contributed by atoms with E-state index in [0.717, 1.165) is 27.6 Å². The lowest BCUT2D eigenvalue weighted by Crippen LogP contribution is -2.41. The molecule has 0 fully saturated rings. The average Bonchev–Trinajstić information content (AvgIpc) is 2.81. The number of benzene rings is 3. The highest BCUT2D eigenvalue weighted by Gasteiger charge is 2.24. The molecule has 1 amide bonds. The van der Waals surface area contributed by atoms with Gasteiger partial charge in [-0.15, -0.1) is 0 Å². The van der Waals surface area contributed by atoms with Crippen molar-refractivity contribution in [1.29, 1.82) is 0 Å². The summed E-state index contributed by atoms with van der Waals surface area (Å²) in [5, 5.41) is 17.7. The molecule has 0 aliphatic rings. The van der Waals surface area contributed by atoms with Gasteiger partial charge >= 0.3 is 5.97 Å². The third-order valence-corrected chi connectivity index (χ3v) is 5.93. The minimum Gasteiger partial charge on any atom is -0.480 e.